The second kappa shape index (κ2) is 2.85. The summed E-state index contributed by atoms with van der Waals surface area (Å²) in [6.45, 7) is 1.62. The predicted octanol–water partition coefficient (Wildman–Crippen LogP) is 1.81. The number of hydrogen-bond acceptors (Lipinski definition) is 3. The van der Waals surface area contributed by atoms with Crippen molar-refractivity contribution in [3.63, 3.8) is 0 Å². The van der Waals surface area contributed by atoms with Gasteiger partial charge in [-0.15, -0.1) is 0 Å². The Balaban J connectivity index is 2.51. The van der Waals surface area contributed by atoms with Crippen LogP contribution in [0.1, 0.15) is 12.0 Å². The van der Waals surface area contributed by atoms with E-state index in [0.717, 1.165) is 11.3 Å². The minimum absolute atomic E-state index is 0.549. The maximum atomic E-state index is 8.65. The standard InChI is InChI=1S/C9H8NO2/c11-10-8-5-6-12-9-4-2-1-3-7(8)9/h1-4,6,11H,5H2/b10-8+. The summed E-state index contributed by atoms with van der Waals surface area (Å²) in [5.74, 6) is 0.747. The van der Waals surface area contributed by atoms with E-state index in [1.54, 1.807) is 6.61 Å². The molecule has 0 saturated heterocycles. The number of benzene rings is 1. The molecule has 0 unspecified atom stereocenters. The Morgan fingerprint density at radius 1 is 1.33 bits per heavy atom. The second-order valence-corrected chi connectivity index (χ2v) is 2.53. The van der Waals surface area contributed by atoms with Crippen molar-refractivity contribution in [2.24, 2.45) is 5.16 Å². The van der Waals surface area contributed by atoms with Gasteiger partial charge in [-0.1, -0.05) is 17.3 Å². The van der Waals surface area contributed by atoms with Crippen LogP contribution >= 0.6 is 0 Å². The van der Waals surface area contributed by atoms with Gasteiger partial charge >= 0.3 is 0 Å². The van der Waals surface area contributed by atoms with Crippen LogP contribution in [0.3, 0.4) is 0 Å². The van der Waals surface area contributed by atoms with E-state index >= 15 is 0 Å². The molecule has 1 N–H and O–H groups in total. The van der Waals surface area contributed by atoms with Gasteiger partial charge in [-0.25, -0.2) is 0 Å². The molecule has 1 radical (unpaired) electrons. The molecule has 1 aromatic rings. The van der Waals surface area contributed by atoms with Crippen molar-refractivity contribution in [2.45, 2.75) is 6.42 Å². The SMILES string of the molecule is O/N=C1\C[CH]Oc2ccccc21. The van der Waals surface area contributed by atoms with Crippen molar-refractivity contribution in [3.8, 4) is 5.75 Å². The highest BCUT2D eigenvalue weighted by Gasteiger charge is 2.16. The van der Waals surface area contributed by atoms with Gasteiger partial charge in [-0.05, 0) is 12.1 Å². The third kappa shape index (κ3) is 1.03. The lowest BCUT2D eigenvalue weighted by atomic mass is 10.0. The molecule has 0 saturated carbocycles. The van der Waals surface area contributed by atoms with Gasteiger partial charge in [0, 0.05) is 12.0 Å². The van der Waals surface area contributed by atoms with Crippen molar-refractivity contribution in [3.05, 3.63) is 36.4 Å². The summed E-state index contributed by atoms with van der Waals surface area (Å²) in [5.41, 5.74) is 1.51. The van der Waals surface area contributed by atoms with Gasteiger partial charge in [0.1, 0.15) is 12.4 Å². The highest BCUT2D eigenvalue weighted by molar-refractivity contribution is 6.03. The van der Waals surface area contributed by atoms with Gasteiger partial charge in [-0.2, -0.15) is 0 Å². The van der Waals surface area contributed by atoms with E-state index in [0.29, 0.717) is 12.1 Å². The fourth-order valence-electron chi connectivity index (χ4n) is 1.22. The minimum Gasteiger partial charge on any atom is -0.485 e. The third-order valence-electron chi connectivity index (χ3n) is 1.81. The number of rotatable bonds is 0. The molecule has 0 aromatic heterocycles. The molecule has 0 fully saturated rings. The van der Waals surface area contributed by atoms with Crippen molar-refractivity contribution >= 4 is 5.71 Å². The Labute approximate surface area is 70.3 Å². The first-order chi connectivity index (χ1) is 5.92. The lowest BCUT2D eigenvalue weighted by molar-refractivity contribution is 0.314. The van der Waals surface area contributed by atoms with Gasteiger partial charge in [0.15, 0.2) is 0 Å². The average molecular weight is 162 g/mol. The molecule has 1 aliphatic rings. The van der Waals surface area contributed by atoms with Crippen LogP contribution < -0.4 is 4.74 Å². The molecular formula is C9H8NO2. The first-order valence-electron chi connectivity index (χ1n) is 3.70. The summed E-state index contributed by atoms with van der Waals surface area (Å²) in [6, 6.07) is 7.49. The quantitative estimate of drug-likeness (QED) is 0.467. The minimum atomic E-state index is 0.549. The molecule has 0 aliphatic carbocycles. The molecule has 1 aliphatic heterocycles. The zero-order chi connectivity index (χ0) is 8.39. The number of oxime groups is 1. The number of nitrogens with zero attached hydrogens (tertiary/aromatic N) is 1. The molecule has 1 aromatic carbocycles. The predicted molar refractivity (Wildman–Crippen MR) is 44.3 cm³/mol. The zero-order valence-electron chi connectivity index (χ0n) is 6.40. The van der Waals surface area contributed by atoms with Crippen LogP contribution in [0.2, 0.25) is 0 Å². The third-order valence-corrected chi connectivity index (χ3v) is 1.81. The van der Waals surface area contributed by atoms with E-state index in [2.05, 4.69) is 5.16 Å². The first-order valence-corrected chi connectivity index (χ1v) is 3.70. The average Bonchev–Trinajstić information content (AvgIpc) is 2.17. The number of hydrogen-bond donors (Lipinski definition) is 1. The Hall–Kier alpha value is -1.51. The fraction of sp³-hybridized carbons (Fsp3) is 0.111. The van der Waals surface area contributed by atoms with Gasteiger partial charge in [0.2, 0.25) is 0 Å². The fourth-order valence-corrected chi connectivity index (χ4v) is 1.22. The lowest BCUT2D eigenvalue weighted by Gasteiger charge is -2.16. The Bertz CT molecular complexity index is 320. The highest BCUT2D eigenvalue weighted by atomic mass is 16.5. The molecule has 3 nitrogen and oxygen atoms in total. The van der Waals surface area contributed by atoms with Gasteiger partial charge in [-0.3, -0.25) is 0 Å². The van der Waals surface area contributed by atoms with E-state index in [-0.39, 0.29) is 0 Å². The van der Waals surface area contributed by atoms with E-state index in [1.807, 2.05) is 24.3 Å². The highest BCUT2D eigenvalue weighted by Crippen LogP contribution is 2.25. The molecule has 0 amide bonds. The summed E-state index contributed by atoms with van der Waals surface area (Å²) < 4.78 is 5.24. The lowest BCUT2D eigenvalue weighted by Crippen LogP contribution is -2.11. The molecule has 0 atom stereocenters. The van der Waals surface area contributed by atoms with Crippen LogP contribution in [0, 0.1) is 6.61 Å². The van der Waals surface area contributed by atoms with Gasteiger partial charge in [0.05, 0.1) is 5.71 Å². The van der Waals surface area contributed by atoms with Crippen molar-refractivity contribution in [2.75, 3.05) is 0 Å². The maximum Gasteiger partial charge on any atom is 0.141 e. The largest absolute Gasteiger partial charge is 0.485 e. The second-order valence-electron chi connectivity index (χ2n) is 2.53. The van der Waals surface area contributed by atoms with Crippen LogP contribution in [0.5, 0.6) is 5.75 Å². The Kier molecular flexibility index (Phi) is 1.70. The normalized spacial score (nSPS) is 18.5. The summed E-state index contributed by atoms with van der Waals surface area (Å²) in [4.78, 5) is 0. The molecule has 61 valence electrons. The van der Waals surface area contributed by atoms with Crippen molar-refractivity contribution in [1.29, 1.82) is 0 Å². The Morgan fingerprint density at radius 2 is 2.17 bits per heavy atom. The Morgan fingerprint density at radius 3 is 3.00 bits per heavy atom. The molecule has 12 heavy (non-hydrogen) atoms. The molecule has 0 spiro atoms. The van der Waals surface area contributed by atoms with Gasteiger partial charge < -0.3 is 9.94 Å². The maximum absolute atomic E-state index is 8.65. The van der Waals surface area contributed by atoms with E-state index < -0.39 is 0 Å². The van der Waals surface area contributed by atoms with Crippen LogP contribution in [-0.2, 0) is 0 Å². The molecule has 1 heterocycles. The molecule has 0 bridgehead atoms. The van der Waals surface area contributed by atoms with Crippen LogP contribution in [0.25, 0.3) is 0 Å². The molecule has 3 heteroatoms. The van der Waals surface area contributed by atoms with E-state index in [4.69, 9.17) is 9.94 Å². The van der Waals surface area contributed by atoms with E-state index in [9.17, 15) is 0 Å². The molecule has 2 rings (SSSR count). The number of para-hydroxylation sites is 1. The van der Waals surface area contributed by atoms with Gasteiger partial charge in [0.25, 0.3) is 0 Å². The smallest absolute Gasteiger partial charge is 0.141 e. The first kappa shape index (κ1) is 7.16. The summed E-state index contributed by atoms with van der Waals surface area (Å²) in [5, 5.41) is 11.8. The summed E-state index contributed by atoms with van der Waals surface area (Å²) in [6.07, 6.45) is 0.549. The summed E-state index contributed by atoms with van der Waals surface area (Å²) in [7, 11) is 0. The van der Waals surface area contributed by atoms with E-state index in [1.165, 1.54) is 0 Å². The number of ether oxygens (including phenoxy) is 1. The van der Waals surface area contributed by atoms with Crippen LogP contribution in [0.15, 0.2) is 29.4 Å². The number of fused-ring (bicyclic) bond motifs is 1. The van der Waals surface area contributed by atoms with Crippen LogP contribution in [-0.4, -0.2) is 10.9 Å². The van der Waals surface area contributed by atoms with Crippen molar-refractivity contribution in [1.82, 2.24) is 0 Å². The molecular weight excluding hydrogens is 154 g/mol. The van der Waals surface area contributed by atoms with Crippen molar-refractivity contribution < 1.29 is 9.94 Å². The summed E-state index contributed by atoms with van der Waals surface area (Å²) >= 11 is 0. The van der Waals surface area contributed by atoms with Crippen LogP contribution in [0.4, 0.5) is 0 Å². The zero-order valence-corrected chi connectivity index (χ0v) is 6.40. The topological polar surface area (TPSA) is 41.8 Å². The monoisotopic (exact) mass is 162 g/mol.